The van der Waals surface area contributed by atoms with Crippen molar-refractivity contribution in [2.45, 2.75) is 6.42 Å². The summed E-state index contributed by atoms with van der Waals surface area (Å²) in [6.07, 6.45) is 1.68. The summed E-state index contributed by atoms with van der Waals surface area (Å²) in [5.74, 6) is -0.321. The van der Waals surface area contributed by atoms with Gasteiger partial charge in [0.15, 0.2) is 0 Å². The van der Waals surface area contributed by atoms with E-state index in [1.165, 1.54) is 11.6 Å². The number of carbonyl (C=O) groups excluding carboxylic acids is 1. The number of hydrogen-bond donors (Lipinski definition) is 0. The van der Waals surface area contributed by atoms with E-state index in [0.29, 0.717) is 6.54 Å². The zero-order chi connectivity index (χ0) is 7.82. The fourth-order valence-corrected chi connectivity index (χ4v) is 0.487. The lowest BCUT2D eigenvalue weighted by Crippen LogP contribution is -1.96. The smallest absolute Gasteiger partial charge is 0.313 e. The van der Waals surface area contributed by atoms with E-state index >= 15 is 0 Å². The maximum absolute atomic E-state index is 10.4. The van der Waals surface area contributed by atoms with Crippen molar-refractivity contribution in [3.63, 3.8) is 0 Å². The highest BCUT2D eigenvalue weighted by molar-refractivity contribution is 7.79. The highest BCUT2D eigenvalue weighted by atomic mass is 32.1. The molecule has 56 valence electrons. The first kappa shape index (κ1) is 9.66. The van der Waals surface area contributed by atoms with E-state index in [0.717, 1.165) is 0 Å². The Hall–Kier alpha value is -0.340. The zero-order valence-corrected chi connectivity index (χ0v) is 7.29. The molecule has 0 bridgehead atoms. The van der Waals surface area contributed by atoms with Crippen molar-refractivity contribution in [1.29, 1.82) is 0 Å². The average Bonchev–Trinajstić information content (AvgIpc) is 1.98. The lowest BCUT2D eigenvalue weighted by Gasteiger charge is -1.89. The number of hydrogen-bond acceptors (Lipinski definition) is 4. The average molecular weight is 177 g/mol. The fourth-order valence-electron chi connectivity index (χ4n) is 0.305. The summed E-state index contributed by atoms with van der Waals surface area (Å²) in [6, 6.07) is 0. The third kappa shape index (κ3) is 5.79. The van der Waals surface area contributed by atoms with Crippen LogP contribution < -0.4 is 0 Å². The van der Waals surface area contributed by atoms with Crippen LogP contribution in [0.1, 0.15) is 6.42 Å². The molecule has 0 fully saturated rings. The summed E-state index contributed by atoms with van der Waals surface area (Å²) in [4.78, 5) is 14.2. The van der Waals surface area contributed by atoms with Crippen LogP contribution in [0.5, 0.6) is 0 Å². The van der Waals surface area contributed by atoms with Gasteiger partial charge in [-0.05, 0) is 0 Å². The van der Waals surface area contributed by atoms with Crippen molar-refractivity contribution in [1.82, 2.24) is 0 Å². The molecule has 0 aromatic carbocycles. The van der Waals surface area contributed by atoms with E-state index in [2.05, 4.69) is 21.7 Å². The first-order valence-electron chi connectivity index (χ1n) is 2.62. The van der Waals surface area contributed by atoms with Crippen LogP contribution in [0.4, 0.5) is 0 Å². The third-order valence-corrected chi connectivity index (χ3v) is 1.11. The minimum absolute atomic E-state index is 0.201. The summed E-state index contributed by atoms with van der Waals surface area (Å²) in [5, 5.41) is 1.49. The molecule has 0 N–H and O–H groups in total. The molecule has 0 radical (unpaired) electrons. The van der Waals surface area contributed by atoms with E-state index in [1.54, 1.807) is 0 Å². The molecule has 0 aliphatic heterocycles. The van der Waals surface area contributed by atoms with Crippen LogP contribution in [0, 0.1) is 0 Å². The second-order valence-electron chi connectivity index (χ2n) is 1.41. The molecule has 0 aromatic rings. The summed E-state index contributed by atoms with van der Waals surface area (Å²) < 4.78 is 4.28. The highest BCUT2D eigenvalue weighted by Gasteiger charge is 1.93. The van der Waals surface area contributed by atoms with E-state index < -0.39 is 0 Å². The minimum Gasteiger partial charge on any atom is -0.451 e. The molecule has 0 aliphatic rings. The number of rotatable bonds is 4. The molecule has 0 saturated carbocycles. The van der Waals surface area contributed by atoms with Gasteiger partial charge in [-0.25, -0.2) is 0 Å². The predicted octanol–water partition coefficient (Wildman–Crippen LogP) is 0.780. The van der Waals surface area contributed by atoms with Gasteiger partial charge >= 0.3 is 5.97 Å². The zero-order valence-electron chi connectivity index (χ0n) is 5.32. The molecule has 1 atom stereocenters. The van der Waals surface area contributed by atoms with Crippen LogP contribution in [0.3, 0.4) is 0 Å². The molecule has 0 rings (SSSR count). The van der Waals surface area contributed by atoms with Crippen LogP contribution in [-0.4, -0.2) is 24.1 Å². The first-order chi connectivity index (χ1) is 4.81. The molecule has 0 heterocycles. The predicted molar refractivity (Wildman–Crippen MR) is 47.4 cm³/mol. The minimum atomic E-state index is -0.321. The Balaban J connectivity index is 3.33. The molecule has 0 aromatic heterocycles. The number of aliphatic imine (C=N–C) groups is 1. The Bertz CT molecular complexity index is 149. The number of thiocarbonyl (C=S) groups is 1. The topological polar surface area (TPSA) is 38.7 Å². The van der Waals surface area contributed by atoms with Gasteiger partial charge < -0.3 is 4.52 Å². The maximum atomic E-state index is 10.4. The van der Waals surface area contributed by atoms with Gasteiger partial charge in [0.2, 0.25) is 0 Å². The van der Waals surface area contributed by atoms with Crippen LogP contribution in [0.25, 0.3) is 0 Å². The lowest BCUT2D eigenvalue weighted by molar-refractivity contribution is -0.131. The van der Waals surface area contributed by atoms with E-state index in [1.807, 2.05) is 9.47 Å². The Kier molecular flexibility index (Phi) is 6.55. The second-order valence-corrected chi connectivity index (χ2v) is 1.98. The molecule has 3 nitrogen and oxygen atoms in total. The fraction of sp³-hybridized carbons (Fsp3) is 0.400. The van der Waals surface area contributed by atoms with Crippen LogP contribution >= 0.6 is 21.7 Å². The Morgan fingerprint density at radius 3 is 3.00 bits per heavy atom. The van der Waals surface area contributed by atoms with Crippen molar-refractivity contribution in [2.24, 2.45) is 4.99 Å². The van der Waals surface area contributed by atoms with Crippen molar-refractivity contribution in [3.05, 3.63) is 0 Å². The van der Waals surface area contributed by atoms with Gasteiger partial charge in [0, 0.05) is 11.6 Å². The van der Waals surface area contributed by atoms with Gasteiger partial charge in [-0.15, -0.1) is 0 Å². The van der Waals surface area contributed by atoms with Crippen LogP contribution in [0.2, 0.25) is 0 Å². The van der Waals surface area contributed by atoms with Gasteiger partial charge in [0.25, 0.3) is 0 Å². The summed E-state index contributed by atoms with van der Waals surface area (Å²) in [6.45, 7) is 0.472. The van der Waals surface area contributed by atoms with E-state index in [9.17, 15) is 4.79 Å². The molecule has 0 spiro atoms. The SMILES string of the molecule is O=C(CC=NCC=S)OP. The standard InChI is InChI=1S/C5H8NO2PS/c7-5(8-9)1-2-6-3-4-10/h2,4H,1,3,9H2. The van der Waals surface area contributed by atoms with Gasteiger partial charge in [0.1, 0.15) is 0 Å². The Morgan fingerprint density at radius 2 is 2.50 bits per heavy atom. The Labute approximate surface area is 67.1 Å². The summed E-state index contributed by atoms with van der Waals surface area (Å²) in [7, 11) is 1.88. The van der Waals surface area contributed by atoms with Gasteiger partial charge in [-0.2, -0.15) is 0 Å². The quantitative estimate of drug-likeness (QED) is 0.362. The molecule has 0 saturated heterocycles. The van der Waals surface area contributed by atoms with E-state index in [-0.39, 0.29) is 12.4 Å². The van der Waals surface area contributed by atoms with Crippen LogP contribution in [0.15, 0.2) is 4.99 Å². The normalized spacial score (nSPS) is 9.70. The Morgan fingerprint density at radius 1 is 1.80 bits per heavy atom. The molecule has 0 aliphatic carbocycles. The van der Waals surface area contributed by atoms with Gasteiger partial charge in [0.05, 0.1) is 22.4 Å². The second kappa shape index (κ2) is 6.78. The van der Waals surface area contributed by atoms with Crippen molar-refractivity contribution in [2.75, 3.05) is 6.54 Å². The van der Waals surface area contributed by atoms with Crippen molar-refractivity contribution >= 4 is 39.2 Å². The van der Waals surface area contributed by atoms with Crippen LogP contribution in [-0.2, 0) is 9.32 Å². The van der Waals surface area contributed by atoms with Crippen molar-refractivity contribution < 1.29 is 9.32 Å². The maximum Gasteiger partial charge on any atom is 0.313 e. The third-order valence-electron chi connectivity index (χ3n) is 0.698. The summed E-state index contributed by atoms with van der Waals surface area (Å²) in [5.41, 5.74) is 0. The monoisotopic (exact) mass is 177 g/mol. The molecule has 5 heteroatoms. The highest BCUT2D eigenvalue weighted by Crippen LogP contribution is 1.88. The first-order valence-corrected chi connectivity index (χ1v) is 3.57. The summed E-state index contributed by atoms with van der Waals surface area (Å²) >= 11 is 4.50. The van der Waals surface area contributed by atoms with Gasteiger partial charge in [-0.1, -0.05) is 12.2 Å². The lowest BCUT2D eigenvalue weighted by atomic mass is 10.5. The van der Waals surface area contributed by atoms with Gasteiger partial charge in [-0.3, -0.25) is 9.79 Å². The number of nitrogens with zero attached hydrogens (tertiary/aromatic N) is 1. The van der Waals surface area contributed by atoms with E-state index in [4.69, 9.17) is 0 Å². The molecule has 10 heavy (non-hydrogen) atoms. The molecule has 0 amide bonds. The molecular weight excluding hydrogens is 169 g/mol. The molecule has 1 unspecified atom stereocenters. The largest absolute Gasteiger partial charge is 0.451 e. The number of carbonyl (C=O) groups is 1. The molecular formula is C5H8NO2PS. The van der Waals surface area contributed by atoms with Crippen molar-refractivity contribution in [3.8, 4) is 0 Å².